The van der Waals surface area contributed by atoms with Crippen LogP contribution in [0.15, 0.2) is 22.8 Å². The third-order valence-corrected chi connectivity index (χ3v) is 11.1. The van der Waals surface area contributed by atoms with E-state index >= 15 is 0 Å². The van der Waals surface area contributed by atoms with Gasteiger partial charge in [-0.2, -0.15) is 0 Å². The molecule has 4 aliphatic carbocycles. The second-order valence-electron chi connectivity index (χ2n) is 13.4. The van der Waals surface area contributed by atoms with Crippen LogP contribution < -0.4 is 0 Å². The van der Waals surface area contributed by atoms with Crippen LogP contribution in [-0.2, 0) is 19.2 Å². The van der Waals surface area contributed by atoms with Crippen LogP contribution in [0.2, 0.25) is 0 Å². The monoisotopic (exact) mass is 514 g/mol. The van der Waals surface area contributed by atoms with Gasteiger partial charge in [0.2, 0.25) is 0 Å². The lowest BCUT2D eigenvalue weighted by Gasteiger charge is -2.60. The number of aliphatic hydroxyl groups excluding tert-OH is 2. The molecule has 8 atom stereocenters. The van der Waals surface area contributed by atoms with Gasteiger partial charge in [-0.25, -0.2) is 0 Å². The van der Waals surface area contributed by atoms with Gasteiger partial charge in [0.25, 0.3) is 0 Å². The van der Waals surface area contributed by atoms with Crippen LogP contribution in [0.1, 0.15) is 87.0 Å². The minimum Gasteiger partial charge on any atom is -0.481 e. The number of Topliss-reactive ketones (excluding diaryl/α,β-unsaturated/α-hetero) is 3. The lowest BCUT2D eigenvalue weighted by molar-refractivity contribution is -0.146. The van der Waals surface area contributed by atoms with E-state index in [2.05, 4.69) is 0 Å². The maximum absolute atomic E-state index is 14.0. The molecule has 0 aliphatic heterocycles. The molecule has 0 bridgehead atoms. The Balaban J connectivity index is 1.80. The molecule has 204 valence electrons. The molecule has 3 N–H and O–H groups in total. The standard InChI is InChI=1S/C30H42O7/c1-15(10-17(31)11-16(2)26(36)37)18-12-23(35)30(7)25-19(32)13-21-27(3,4)22(34)8-9-28(21,5)24(25)20(33)14-29(18,30)6/h10,16-19,21,31-32H,8-9,11-14H2,1-7H3,(H,36,37)/b15-10+/t16?,17?,18-,19+,21+,28+,29-,30+/m0/s1. The van der Waals surface area contributed by atoms with Crippen LogP contribution >= 0.6 is 0 Å². The lowest BCUT2D eigenvalue weighted by Crippen LogP contribution is -2.59. The van der Waals surface area contributed by atoms with Gasteiger partial charge in [-0.1, -0.05) is 46.3 Å². The van der Waals surface area contributed by atoms with Crippen molar-refractivity contribution in [1.82, 2.24) is 0 Å². The predicted octanol–water partition coefficient (Wildman–Crippen LogP) is 4.05. The molecule has 4 aliphatic rings. The fourth-order valence-electron chi connectivity index (χ4n) is 8.66. The summed E-state index contributed by atoms with van der Waals surface area (Å²) in [4.78, 5) is 52.0. The summed E-state index contributed by atoms with van der Waals surface area (Å²) in [6, 6.07) is 0. The van der Waals surface area contributed by atoms with Crippen LogP contribution in [-0.4, -0.2) is 50.8 Å². The molecule has 0 aromatic carbocycles. The summed E-state index contributed by atoms with van der Waals surface area (Å²) in [5.74, 6) is -2.13. The highest BCUT2D eigenvalue weighted by Gasteiger charge is 2.70. The fraction of sp³-hybridized carbons (Fsp3) is 0.733. The average molecular weight is 515 g/mol. The van der Waals surface area contributed by atoms with Gasteiger partial charge >= 0.3 is 5.97 Å². The molecule has 7 nitrogen and oxygen atoms in total. The molecule has 0 amide bonds. The Morgan fingerprint density at radius 2 is 1.73 bits per heavy atom. The first kappa shape index (κ1) is 27.9. The van der Waals surface area contributed by atoms with E-state index in [1.807, 2.05) is 41.5 Å². The normalized spacial score (nSPS) is 41.2. The third-order valence-electron chi connectivity index (χ3n) is 11.1. The molecule has 0 radical (unpaired) electrons. The topological polar surface area (TPSA) is 129 Å². The number of carbonyl (C=O) groups is 4. The predicted molar refractivity (Wildman–Crippen MR) is 137 cm³/mol. The Bertz CT molecular complexity index is 1130. The van der Waals surface area contributed by atoms with Crippen molar-refractivity contribution in [3.8, 4) is 0 Å². The summed E-state index contributed by atoms with van der Waals surface area (Å²) >= 11 is 0. The number of aliphatic carboxylic acids is 1. The van der Waals surface area contributed by atoms with Gasteiger partial charge in [0.1, 0.15) is 11.6 Å². The second kappa shape index (κ2) is 8.70. The molecule has 2 fully saturated rings. The molecular weight excluding hydrogens is 472 g/mol. The first-order valence-electron chi connectivity index (χ1n) is 13.5. The Hall–Kier alpha value is -2.12. The molecule has 4 rings (SSSR count). The van der Waals surface area contributed by atoms with E-state index in [0.29, 0.717) is 30.4 Å². The Morgan fingerprint density at radius 1 is 1.11 bits per heavy atom. The van der Waals surface area contributed by atoms with Gasteiger partial charge in [0.05, 0.1) is 23.5 Å². The van der Waals surface area contributed by atoms with Crippen molar-refractivity contribution < 1.29 is 34.5 Å². The quantitative estimate of drug-likeness (QED) is 0.472. The molecular formula is C30H42O7. The molecule has 0 aromatic heterocycles. The van der Waals surface area contributed by atoms with E-state index in [4.69, 9.17) is 0 Å². The SMILES string of the molecule is C/C(=C\C(O)CC(C)C(=O)O)[C@@H]1CC(=O)[C@]2(C)C3=C(C(=O)C[C@@]12C)[C@]1(C)CCC(=O)C(C)(C)[C@H]1C[C@H]3O. The van der Waals surface area contributed by atoms with Crippen molar-refractivity contribution in [2.75, 3.05) is 0 Å². The zero-order chi connectivity index (χ0) is 27.9. The summed E-state index contributed by atoms with van der Waals surface area (Å²) in [5.41, 5.74) is -1.20. The first-order valence-corrected chi connectivity index (χ1v) is 13.5. The molecule has 2 unspecified atom stereocenters. The van der Waals surface area contributed by atoms with E-state index in [-0.39, 0.29) is 48.4 Å². The second-order valence-corrected chi connectivity index (χ2v) is 13.4. The lowest BCUT2D eigenvalue weighted by atomic mass is 9.42. The third kappa shape index (κ3) is 3.75. The fourth-order valence-corrected chi connectivity index (χ4v) is 8.66. The highest BCUT2D eigenvalue weighted by Crippen LogP contribution is 2.70. The molecule has 0 heterocycles. The smallest absolute Gasteiger partial charge is 0.306 e. The number of rotatable bonds is 5. The van der Waals surface area contributed by atoms with E-state index < -0.39 is 45.8 Å². The highest BCUT2D eigenvalue weighted by molar-refractivity contribution is 6.05. The van der Waals surface area contributed by atoms with E-state index in [0.717, 1.165) is 5.57 Å². The number of hydrogen-bond acceptors (Lipinski definition) is 6. The zero-order valence-electron chi connectivity index (χ0n) is 23.2. The number of carboxylic acid groups (broad SMARTS) is 1. The van der Waals surface area contributed by atoms with Crippen LogP contribution in [0.25, 0.3) is 0 Å². The summed E-state index contributed by atoms with van der Waals surface area (Å²) in [5, 5.41) is 31.3. The minimum atomic E-state index is -1.05. The number of carbonyl (C=O) groups excluding carboxylic acids is 3. The van der Waals surface area contributed by atoms with Crippen molar-refractivity contribution in [2.45, 2.75) is 99.2 Å². The van der Waals surface area contributed by atoms with Crippen LogP contribution in [0.4, 0.5) is 0 Å². The number of fused-ring (bicyclic) bond motifs is 4. The average Bonchev–Trinajstić information content (AvgIpc) is 2.99. The molecule has 37 heavy (non-hydrogen) atoms. The first-order chi connectivity index (χ1) is 16.9. The van der Waals surface area contributed by atoms with Gasteiger partial charge < -0.3 is 15.3 Å². The molecule has 0 aromatic rings. The van der Waals surface area contributed by atoms with Crippen molar-refractivity contribution in [1.29, 1.82) is 0 Å². The van der Waals surface area contributed by atoms with Crippen LogP contribution in [0.5, 0.6) is 0 Å². The van der Waals surface area contributed by atoms with Gasteiger partial charge in [0, 0.05) is 35.7 Å². The minimum absolute atomic E-state index is 0.0200. The van der Waals surface area contributed by atoms with Crippen molar-refractivity contribution >= 4 is 23.3 Å². The van der Waals surface area contributed by atoms with Crippen molar-refractivity contribution in [2.24, 2.45) is 39.4 Å². The summed E-state index contributed by atoms with van der Waals surface area (Å²) < 4.78 is 0. The molecule has 0 saturated heterocycles. The molecule has 7 heteroatoms. The van der Waals surface area contributed by atoms with Crippen molar-refractivity contribution in [3.05, 3.63) is 22.8 Å². The Labute approximate surface area is 219 Å². The van der Waals surface area contributed by atoms with E-state index in [1.54, 1.807) is 13.0 Å². The van der Waals surface area contributed by atoms with Crippen LogP contribution in [0, 0.1) is 39.4 Å². The van der Waals surface area contributed by atoms with E-state index in [1.165, 1.54) is 0 Å². The van der Waals surface area contributed by atoms with Crippen LogP contribution in [0.3, 0.4) is 0 Å². The summed E-state index contributed by atoms with van der Waals surface area (Å²) in [6.07, 6.45) is 1.31. The number of hydrogen-bond donors (Lipinski definition) is 3. The maximum Gasteiger partial charge on any atom is 0.306 e. The van der Waals surface area contributed by atoms with Gasteiger partial charge in [-0.3, -0.25) is 19.2 Å². The van der Waals surface area contributed by atoms with E-state index in [9.17, 15) is 34.5 Å². The number of allylic oxidation sites excluding steroid dienone is 2. The van der Waals surface area contributed by atoms with Gasteiger partial charge in [-0.05, 0) is 55.9 Å². The Morgan fingerprint density at radius 3 is 2.32 bits per heavy atom. The number of aliphatic hydroxyl groups is 2. The zero-order valence-corrected chi connectivity index (χ0v) is 23.2. The summed E-state index contributed by atoms with van der Waals surface area (Å²) in [6.45, 7) is 13.1. The Kier molecular flexibility index (Phi) is 6.56. The maximum atomic E-state index is 14.0. The van der Waals surface area contributed by atoms with Gasteiger partial charge in [-0.15, -0.1) is 0 Å². The molecule has 2 saturated carbocycles. The molecule has 0 spiro atoms. The number of carboxylic acids is 1. The van der Waals surface area contributed by atoms with Gasteiger partial charge in [0.15, 0.2) is 5.78 Å². The summed E-state index contributed by atoms with van der Waals surface area (Å²) in [7, 11) is 0. The largest absolute Gasteiger partial charge is 0.481 e. The number of ketones is 3. The highest BCUT2D eigenvalue weighted by atomic mass is 16.4. The van der Waals surface area contributed by atoms with Crippen molar-refractivity contribution in [3.63, 3.8) is 0 Å².